The van der Waals surface area contributed by atoms with Gasteiger partial charge in [0.25, 0.3) is 6.72 Å². The molecule has 44 valence electrons. The Kier molecular flexibility index (Phi) is 2.90. The SMILES string of the molecule is C=[N+]=C(CC)C(=C)C. The first-order valence-electron chi connectivity index (χ1n) is 2.70. The third-order valence-corrected chi connectivity index (χ3v) is 1.02. The third kappa shape index (κ3) is 1.76. The van der Waals surface area contributed by atoms with Crippen molar-refractivity contribution in [1.29, 1.82) is 0 Å². The van der Waals surface area contributed by atoms with Gasteiger partial charge in [-0.2, -0.15) is 0 Å². The smallest absolute Gasteiger partial charge is 0.105 e. The van der Waals surface area contributed by atoms with Gasteiger partial charge in [-0.05, 0) is 6.92 Å². The van der Waals surface area contributed by atoms with Crippen molar-refractivity contribution in [3.05, 3.63) is 12.2 Å². The van der Waals surface area contributed by atoms with Gasteiger partial charge in [0.2, 0.25) is 0 Å². The second kappa shape index (κ2) is 3.23. The zero-order valence-electron chi connectivity index (χ0n) is 5.57. The molecule has 0 saturated carbocycles. The average Bonchev–Trinajstić information content (AvgIpc) is 1.69. The van der Waals surface area contributed by atoms with E-state index in [1.165, 1.54) is 0 Å². The highest BCUT2D eigenvalue weighted by molar-refractivity contribution is 5.98. The van der Waals surface area contributed by atoms with E-state index in [0.29, 0.717) is 0 Å². The van der Waals surface area contributed by atoms with Crippen molar-refractivity contribution in [2.24, 2.45) is 0 Å². The molecule has 0 saturated heterocycles. The molecule has 0 radical (unpaired) electrons. The van der Waals surface area contributed by atoms with Crippen LogP contribution in [-0.4, -0.2) is 12.4 Å². The standard InChI is InChI=1S/C7H12N/c1-5-7(8-4)6(2)3/h2,4-5H2,1,3H3/q+1. The van der Waals surface area contributed by atoms with Gasteiger partial charge in [-0.25, -0.2) is 0 Å². The Morgan fingerprint density at radius 2 is 2.12 bits per heavy atom. The number of rotatable bonds is 2. The summed E-state index contributed by atoms with van der Waals surface area (Å²) in [5.41, 5.74) is 2.02. The second-order valence-electron chi connectivity index (χ2n) is 1.74. The van der Waals surface area contributed by atoms with E-state index in [1.54, 1.807) is 0 Å². The van der Waals surface area contributed by atoms with E-state index in [2.05, 4.69) is 18.0 Å². The fourth-order valence-electron chi connectivity index (χ4n) is 0.549. The first-order valence-corrected chi connectivity index (χ1v) is 2.70. The van der Waals surface area contributed by atoms with Crippen LogP contribution in [0.5, 0.6) is 0 Å². The van der Waals surface area contributed by atoms with Gasteiger partial charge in [0.1, 0.15) is 0 Å². The lowest BCUT2D eigenvalue weighted by Gasteiger charge is -1.81. The predicted octanol–water partition coefficient (Wildman–Crippen LogP) is 1.18. The molecule has 0 aliphatic rings. The Morgan fingerprint density at radius 3 is 2.12 bits per heavy atom. The van der Waals surface area contributed by atoms with Crippen molar-refractivity contribution < 1.29 is 0 Å². The Bertz CT molecular complexity index is 138. The largest absolute Gasteiger partial charge is 0.304 e. The molecule has 0 aromatic heterocycles. The molecule has 1 nitrogen and oxygen atoms in total. The van der Waals surface area contributed by atoms with E-state index >= 15 is 0 Å². The van der Waals surface area contributed by atoms with E-state index in [0.717, 1.165) is 17.7 Å². The minimum Gasteiger partial charge on any atom is -0.105 e. The maximum atomic E-state index is 3.77. The van der Waals surface area contributed by atoms with E-state index in [-0.39, 0.29) is 0 Å². The molecule has 0 aromatic carbocycles. The fourth-order valence-corrected chi connectivity index (χ4v) is 0.549. The number of hydrogen-bond donors (Lipinski definition) is 0. The first kappa shape index (κ1) is 7.19. The van der Waals surface area contributed by atoms with Gasteiger partial charge in [-0.3, -0.25) is 0 Å². The van der Waals surface area contributed by atoms with Crippen molar-refractivity contribution >= 4 is 12.4 Å². The molecule has 0 unspecified atom stereocenters. The van der Waals surface area contributed by atoms with Crippen LogP contribution < -0.4 is 4.67 Å². The topological polar surface area (TPSA) is 14.1 Å². The van der Waals surface area contributed by atoms with Crippen LogP contribution in [0.25, 0.3) is 0 Å². The zero-order valence-corrected chi connectivity index (χ0v) is 5.57. The van der Waals surface area contributed by atoms with E-state index < -0.39 is 0 Å². The van der Waals surface area contributed by atoms with Crippen LogP contribution in [0.2, 0.25) is 0 Å². The summed E-state index contributed by atoms with van der Waals surface area (Å²) in [5.74, 6) is 0. The lowest BCUT2D eigenvalue weighted by atomic mass is 10.2. The van der Waals surface area contributed by atoms with Gasteiger partial charge >= 0.3 is 5.71 Å². The van der Waals surface area contributed by atoms with E-state index in [9.17, 15) is 0 Å². The monoisotopic (exact) mass is 110 g/mol. The van der Waals surface area contributed by atoms with Crippen LogP contribution in [0.1, 0.15) is 20.3 Å². The molecule has 0 atom stereocenters. The molecule has 0 fully saturated rings. The van der Waals surface area contributed by atoms with Crippen molar-refractivity contribution in [2.75, 3.05) is 0 Å². The molecule has 0 bridgehead atoms. The van der Waals surface area contributed by atoms with E-state index in [4.69, 9.17) is 0 Å². The summed E-state index contributed by atoms with van der Waals surface area (Å²) in [6.07, 6.45) is 0.929. The van der Waals surface area contributed by atoms with Crippen molar-refractivity contribution in [2.45, 2.75) is 20.3 Å². The summed E-state index contributed by atoms with van der Waals surface area (Å²) in [6.45, 7) is 11.1. The van der Waals surface area contributed by atoms with Crippen LogP contribution in [-0.2, 0) is 0 Å². The fraction of sp³-hybridized carbons (Fsp3) is 0.429. The van der Waals surface area contributed by atoms with Crippen LogP contribution in [0.3, 0.4) is 0 Å². The van der Waals surface area contributed by atoms with Gasteiger partial charge in [0, 0.05) is 12.0 Å². The third-order valence-electron chi connectivity index (χ3n) is 1.02. The lowest BCUT2D eigenvalue weighted by Crippen LogP contribution is -1.99. The second-order valence-corrected chi connectivity index (χ2v) is 1.74. The maximum absolute atomic E-state index is 3.77. The quantitative estimate of drug-likeness (QED) is 0.374. The van der Waals surface area contributed by atoms with Crippen LogP contribution in [0.4, 0.5) is 0 Å². The molecule has 0 N–H and O–H groups in total. The molecule has 8 heavy (non-hydrogen) atoms. The molecule has 0 rings (SSSR count). The molecular weight excluding hydrogens is 98.1 g/mol. The van der Waals surface area contributed by atoms with Crippen LogP contribution in [0, 0.1) is 0 Å². The molecule has 0 amide bonds. The summed E-state index contributed by atoms with van der Waals surface area (Å²) in [7, 11) is 0. The highest BCUT2D eigenvalue weighted by Gasteiger charge is 2.03. The van der Waals surface area contributed by atoms with Crippen LogP contribution >= 0.6 is 0 Å². The lowest BCUT2D eigenvalue weighted by molar-refractivity contribution is 1.26. The Balaban J connectivity index is 4.14. The molecule has 1 heteroatoms. The van der Waals surface area contributed by atoms with Crippen molar-refractivity contribution in [3.63, 3.8) is 0 Å². The van der Waals surface area contributed by atoms with Gasteiger partial charge in [-0.15, -0.1) is 4.67 Å². The Labute approximate surface area is 50.5 Å². The van der Waals surface area contributed by atoms with Gasteiger partial charge < -0.3 is 0 Å². The molecule has 0 spiro atoms. The highest BCUT2D eigenvalue weighted by Crippen LogP contribution is 1.91. The van der Waals surface area contributed by atoms with Gasteiger partial charge in [0.15, 0.2) is 0 Å². The predicted molar refractivity (Wildman–Crippen MR) is 39.4 cm³/mol. The van der Waals surface area contributed by atoms with Crippen LogP contribution in [0.15, 0.2) is 12.2 Å². The molecule has 0 heterocycles. The minimum absolute atomic E-state index is 0.929. The number of nitrogens with zero attached hydrogens (tertiary/aromatic N) is 1. The Morgan fingerprint density at radius 1 is 1.62 bits per heavy atom. The number of allylic oxidation sites excluding steroid dienone is 1. The average molecular weight is 110 g/mol. The minimum atomic E-state index is 0.929. The van der Waals surface area contributed by atoms with Crippen molar-refractivity contribution in [3.8, 4) is 0 Å². The number of hydrogen-bond acceptors (Lipinski definition) is 0. The molecular formula is C7H12N+. The van der Waals surface area contributed by atoms with Gasteiger partial charge in [0.05, 0.1) is 0 Å². The zero-order chi connectivity index (χ0) is 6.57. The summed E-state index contributed by atoms with van der Waals surface area (Å²) in [6, 6.07) is 0. The normalized spacial score (nSPS) is 7.75. The maximum Gasteiger partial charge on any atom is 0.304 e. The highest BCUT2D eigenvalue weighted by atomic mass is 14.5. The summed E-state index contributed by atoms with van der Waals surface area (Å²) >= 11 is 0. The molecule has 0 aliphatic heterocycles. The van der Waals surface area contributed by atoms with Gasteiger partial charge in [-0.1, -0.05) is 13.5 Å². The Hall–Kier alpha value is -0.810. The first-order chi connectivity index (χ1) is 3.72. The molecule has 0 aromatic rings. The summed E-state index contributed by atoms with van der Waals surface area (Å²) in [4.78, 5) is 0. The van der Waals surface area contributed by atoms with Crippen molar-refractivity contribution in [1.82, 2.24) is 4.67 Å². The summed E-state index contributed by atoms with van der Waals surface area (Å²) < 4.78 is 3.77. The summed E-state index contributed by atoms with van der Waals surface area (Å²) in [5, 5.41) is 0. The molecule has 0 aliphatic carbocycles. The van der Waals surface area contributed by atoms with E-state index in [1.807, 2.05) is 13.8 Å².